The molecule has 1 amide bonds. The molecular weight excluding hydrogens is 208 g/mol. The molecule has 16 heavy (non-hydrogen) atoms. The molecule has 0 aromatic carbocycles. The molecule has 0 spiro atoms. The summed E-state index contributed by atoms with van der Waals surface area (Å²) in [5.41, 5.74) is 5.58. The van der Waals surface area contributed by atoms with E-state index in [1.165, 1.54) is 0 Å². The zero-order valence-corrected chi connectivity index (χ0v) is 9.94. The van der Waals surface area contributed by atoms with E-state index in [1.807, 2.05) is 6.92 Å². The number of hydrogen-bond acceptors (Lipinski definition) is 4. The maximum atomic E-state index is 11.9. The number of likely N-dealkylation sites (tertiary alicyclic amines) is 1. The minimum absolute atomic E-state index is 0.230. The van der Waals surface area contributed by atoms with Crippen molar-refractivity contribution in [2.75, 3.05) is 13.2 Å². The average Bonchev–Trinajstić information content (AvgIpc) is 2.75. The lowest BCUT2D eigenvalue weighted by atomic mass is 10.1. The topological polar surface area (TPSA) is 72.6 Å². The Morgan fingerprint density at radius 3 is 2.75 bits per heavy atom. The van der Waals surface area contributed by atoms with Gasteiger partial charge in [0.1, 0.15) is 0 Å². The predicted molar refractivity (Wildman–Crippen MR) is 59.6 cm³/mol. The van der Waals surface area contributed by atoms with Crippen LogP contribution < -0.4 is 5.73 Å². The summed E-state index contributed by atoms with van der Waals surface area (Å²) in [6.07, 6.45) is 2.89. The van der Waals surface area contributed by atoms with Gasteiger partial charge in [0.25, 0.3) is 5.91 Å². The van der Waals surface area contributed by atoms with Crippen molar-refractivity contribution in [3.05, 3.63) is 0 Å². The van der Waals surface area contributed by atoms with Gasteiger partial charge in [0.2, 0.25) is 0 Å². The van der Waals surface area contributed by atoms with Gasteiger partial charge in [-0.25, -0.2) is 4.79 Å². The third kappa shape index (κ3) is 2.72. The first kappa shape index (κ1) is 13.0. The molecule has 0 aromatic rings. The maximum absolute atomic E-state index is 11.9. The second-order valence-corrected chi connectivity index (χ2v) is 3.97. The highest BCUT2D eigenvalue weighted by atomic mass is 16.5. The molecule has 1 heterocycles. The number of carbonyl (C=O) groups is 2. The lowest BCUT2D eigenvalue weighted by Gasteiger charge is -2.25. The SMILES string of the molecule is CCOC(=O)C(N)C(=O)N1CCCC1CC. The number of hydrogen-bond donors (Lipinski definition) is 1. The molecule has 0 radical (unpaired) electrons. The van der Waals surface area contributed by atoms with E-state index in [-0.39, 0.29) is 18.6 Å². The van der Waals surface area contributed by atoms with Gasteiger partial charge in [0.15, 0.2) is 6.04 Å². The summed E-state index contributed by atoms with van der Waals surface area (Å²) in [5, 5.41) is 0. The molecule has 5 heteroatoms. The van der Waals surface area contributed by atoms with E-state index in [2.05, 4.69) is 0 Å². The fourth-order valence-corrected chi connectivity index (χ4v) is 2.06. The fourth-order valence-electron chi connectivity index (χ4n) is 2.06. The van der Waals surface area contributed by atoms with Crippen LogP contribution >= 0.6 is 0 Å². The first-order valence-electron chi connectivity index (χ1n) is 5.84. The summed E-state index contributed by atoms with van der Waals surface area (Å²) in [5.74, 6) is -0.933. The van der Waals surface area contributed by atoms with E-state index in [9.17, 15) is 9.59 Å². The standard InChI is InChI=1S/C11H20N2O3/c1-3-8-6-5-7-13(8)10(14)9(12)11(15)16-4-2/h8-9H,3-7,12H2,1-2H3. The monoisotopic (exact) mass is 228 g/mol. The molecule has 2 atom stereocenters. The Morgan fingerprint density at radius 1 is 1.50 bits per heavy atom. The molecule has 92 valence electrons. The number of ether oxygens (including phenoxy) is 1. The minimum Gasteiger partial charge on any atom is -0.464 e. The predicted octanol–water partition coefficient (Wildman–Crippen LogP) is 0.278. The minimum atomic E-state index is -1.16. The maximum Gasteiger partial charge on any atom is 0.332 e. The van der Waals surface area contributed by atoms with Crippen molar-refractivity contribution in [3.63, 3.8) is 0 Å². The van der Waals surface area contributed by atoms with Crippen molar-refractivity contribution in [2.24, 2.45) is 5.73 Å². The highest BCUT2D eigenvalue weighted by Crippen LogP contribution is 2.20. The van der Waals surface area contributed by atoms with Crippen molar-refractivity contribution < 1.29 is 14.3 Å². The van der Waals surface area contributed by atoms with Crippen molar-refractivity contribution in [3.8, 4) is 0 Å². The van der Waals surface area contributed by atoms with Crippen LogP contribution in [0.15, 0.2) is 0 Å². The quantitative estimate of drug-likeness (QED) is 0.554. The summed E-state index contributed by atoms with van der Waals surface area (Å²) < 4.78 is 4.74. The molecule has 1 aliphatic heterocycles. The summed E-state index contributed by atoms with van der Waals surface area (Å²) in [7, 11) is 0. The van der Waals surface area contributed by atoms with Gasteiger partial charge in [-0.1, -0.05) is 6.92 Å². The van der Waals surface area contributed by atoms with Crippen LogP contribution in [0.3, 0.4) is 0 Å². The number of nitrogens with zero attached hydrogens (tertiary/aromatic N) is 1. The molecule has 1 rings (SSSR count). The fraction of sp³-hybridized carbons (Fsp3) is 0.818. The van der Waals surface area contributed by atoms with Gasteiger partial charge in [-0.05, 0) is 26.2 Å². The van der Waals surface area contributed by atoms with E-state index < -0.39 is 12.0 Å². The van der Waals surface area contributed by atoms with Gasteiger partial charge in [0, 0.05) is 12.6 Å². The summed E-state index contributed by atoms with van der Waals surface area (Å²) in [6, 6.07) is -0.930. The molecule has 1 aliphatic rings. The van der Waals surface area contributed by atoms with Crippen LogP contribution in [-0.4, -0.2) is 42.0 Å². The third-order valence-electron chi connectivity index (χ3n) is 2.94. The molecular formula is C11H20N2O3. The summed E-state index contributed by atoms with van der Waals surface area (Å²) in [4.78, 5) is 25.0. The smallest absolute Gasteiger partial charge is 0.332 e. The Morgan fingerprint density at radius 2 is 2.19 bits per heavy atom. The molecule has 0 saturated carbocycles. The van der Waals surface area contributed by atoms with Crippen molar-refractivity contribution in [1.29, 1.82) is 0 Å². The van der Waals surface area contributed by atoms with Gasteiger partial charge < -0.3 is 15.4 Å². The lowest BCUT2D eigenvalue weighted by molar-refractivity contribution is -0.151. The lowest BCUT2D eigenvalue weighted by Crippen LogP contribution is -2.50. The van der Waals surface area contributed by atoms with Crippen LogP contribution in [0.5, 0.6) is 0 Å². The first-order chi connectivity index (χ1) is 7.61. The second-order valence-electron chi connectivity index (χ2n) is 3.97. The first-order valence-corrected chi connectivity index (χ1v) is 5.84. The van der Waals surface area contributed by atoms with Crippen LogP contribution in [-0.2, 0) is 14.3 Å². The number of rotatable bonds is 4. The van der Waals surface area contributed by atoms with E-state index in [0.717, 1.165) is 19.3 Å². The van der Waals surface area contributed by atoms with Crippen molar-refractivity contribution >= 4 is 11.9 Å². The highest BCUT2D eigenvalue weighted by Gasteiger charge is 2.34. The molecule has 1 saturated heterocycles. The average molecular weight is 228 g/mol. The van der Waals surface area contributed by atoms with E-state index in [1.54, 1.807) is 11.8 Å². The van der Waals surface area contributed by atoms with Crippen LogP contribution in [0.2, 0.25) is 0 Å². The molecule has 0 aromatic heterocycles. The Labute approximate surface area is 95.9 Å². The van der Waals surface area contributed by atoms with Crippen LogP contribution in [0.4, 0.5) is 0 Å². The van der Waals surface area contributed by atoms with E-state index in [4.69, 9.17) is 10.5 Å². The zero-order valence-electron chi connectivity index (χ0n) is 9.94. The van der Waals surface area contributed by atoms with E-state index in [0.29, 0.717) is 6.54 Å². The van der Waals surface area contributed by atoms with Gasteiger partial charge in [-0.3, -0.25) is 4.79 Å². The third-order valence-corrected chi connectivity index (χ3v) is 2.94. The Balaban J connectivity index is 2.59. The summed E-state index contributed by atoms with van der Waals surface area (Å²) >= 11 is 0. The normalized spacial score (nSPS) is 21.9. The van der Waals surface area contributed by atoms with Crippen molar-refractivity contribution in [1.82, 2.24) is 4.90 Å². The Bertz CT molecular complexity index is 268. The molecule has 0 bridgehead atoms. The van der Waals surface area contributed by atoms with Gasteiger partial charge in [0.05, 0.1) is 6.61 Å². The summed E-state index contributed by atoms with van der Waals surface area (Å²) in [6.45, 7) is 4.67. The van der Waals surface area contributed by atoms with Crippen LogP contribution in [0.25, 0.3) is 0 Å². The van der Waals surface area contributed by atoms with Gasteiger partial charge >= 0.3 is 5.97 Å². The van der Waals surface area contributed by atoms with Crippen LogP contribution in [0, 0.1) is 0 Å². The molecule has 2 unspecified atom stereocenters. The molecule has 0 aliphatic carbocycles. The largest absolute Gasteiger partial charge is 0.464 e. The Kier molecular flexibility index (Phi) is 4.73. The van der Waals surface area contributed by atoms with Gasteiger partial charge in [-0.2, -0.15) is 0 Å². The van der Waals surface area contributed by atoms with Crippen LogP contribution in [0.1, 0.15) is 33.1 Å². The number of carbonyl (C=O) groups excluding carboxylic acids is 2. The Hall–Kier alpha value is -1.10. The molecule has 5 nitrogen and oxygen atoms in total. The number of nitrogens with two attached hydrogens (primary N) is 1. The van der Waals surface area contributed by atoms with E-state index >= 15 is 0 Å². The molecule has 2 N–H and O–H groups in total. The second kappa shape index (κ2) is 5.84. The molecule has 1 fully saturated rings. The number of amides is 1. The van der Waals surface area contributed by atoms with Gasteiger partial charge in [-0.15, -0.1) is 0 Å². The van der Waals surface area contributed by atoms with Crippen molar-refractivity contribution in [2.45, 2.75) is 45.2 Å². The number of esters is 1. The highest BCUT2D eigenvalue weighted by molar-refractivity contribution is 6.01. The zero-order chi connectivity index (χ0) is 12.1.